The van der Waals surface area contributed by atoms with E-state index in [1.54, 1.807) is 0 Å². The molecule has 0 aliphatic carbocycles. The molecule has 1 nitrogen and oxygen atoms in total. The molecule has 0 aromatic heterocycles. The second kappa shape index (κ2) is 5.38. The zero-order valence-corrected chi connectivity index (χ0v) is 12.0. The minimum Gasteiger partial charge on any atom is -0.370 e. The number of hydrogen-bond donors (Lipinski definition) is 0. The van der Waals surface area contributed by atoms with Gasteiger partial charge in [-0.2, -0.15) is 0 Å². The third kappa shape index (κ3) is 2.53. The molecule has 0 atom stereocenters. The van der Waals surface area contributed by atoms with Gasteiger partial charge in [-0.15, -0.1) is 0 Å². The Kier molecular flexibility index (Phi) is 3.42. The van der Waals surface area contributed by atoms with Gasteiger partial charge in [-0.05, 0) is 35.4 Å². The molecular weight excluding hydrogens is 242 g/mol. The molecule has 0 bridgehead atoms. The number of fused-ring (bicyclic) bond motifs is 1. The standard InChI is InChI=1S/C19H19N/c1-15-10-12-18(13-11-15)20(2)14-17-8-5-7-16-6-3-4-9-19(16)17/h3-13H,14H2,1-2H3. The lowest BCUT2D eigenvalue weighted by Crippen LogP contribution is -2.16. The molecule has 0 heterocycles. The Balaban J connectivity index is 1.91. The van der Waals surface area contributed by atoms with E-state index in [1.165, 1.54) is 27.6 Å². The van der Waals surface area contributed by atoms with Crippen LogP contribution in [0.5, 0.6) is 0 Å². The Hall–Kier alpha value is -2.28. The summed E-state index contributed by atoms with van der Waals surface area (Å²) in [6.07, 6.45) is 0. The summed E-state index contributed by atoms with van der Waals surface area (Å²) in [4.78, 5) is 2.29. The van der Waals surface area contributed by atoms with Crippen molar-refractivity contribution in [2.45, 2.75) is 13.5 Å². The van der Waals surface area contributed by atoms with Gasteiger partial charge in [-0.25, -0.2) is 0 Å². The van der Waals surface area contributed by atoms with E-state index < -0.39 is 0 Å². The number of hydrogen-bond acceptors (Lipinski definition) is 1. The molecule has 1 heteroatoms. The fourth-order valence-corrected chi connectivity index (χ4v) is 2.58. The van der Waals surface area contributed by atoms with Crippen LogP contribution in [0.3, 0.4) is 0 Å². The van der Waals surface area contributed by atoms with Crippen molar-refractivity contribution in [1.82, 2.24) is 0 Å². The molecule has 0 saturated heterocycles. The quantitative estimate of drug-likeness (QED) is 0.655. The van der Waals surface area contributed by atoms with Crippen LogP contribution in [0.15, 0.2) is 66.7 Å². The van der Waals surface area contributed by atoms with Gasteiger partial charge in [0, 0.05) is 19.3 Å². The predicted molar refractivity (Wildman–Crippen MR) is 87.2 cm³/mol. The lowest BCUT2D eigenvalue weighted by Gasteiger charge is -2.20. The molecule has 0 radical (unpaired) electrons. The van der Waals surface area contributed by atoms with Crippen LogP contribution in [0.1, 0.15) is 11.1 Å². The van der Waals surface area contributed by atoms with E-state index in [2.05, 4.69) is 85.6 Å². The van der Waals surface area contributed by atoms with E-state index in [-0.39, 0.29) is 0 Å². The zero-order valence-electron chi connectivity index (χ0n) is 12.0. The number of aryl methyl sites for hydroxylation is 1. The molecule has 20 heavy (non-hydrogen) atoms. The average molecular weight is 261 g/mol. The van der Waals surface area contributed by atoms with Gasteiger partial charge >= 0.3 is 0 Å². The van der Waals surface area contributed by atoms with E-state index in [0.717, 1.165) is 6.54 Å². The smallest absolute Gasteiger partial charge is 0.0432 e. The summed E-state index contributed by atoms with van der Waals surface area (Å²) in [5.74, 6) is 0. The second-order valence-electron chi connectivity index (χ2n) is 5.33. The molecule has 0 fully saturated rings. The van der Waals surface area contributed by atoms with Crippen LogP contribution in [-0.4, -0.2) is 7.05 Å². The molecule has 3 aromatic carbocycles. The number of anilines is 1. The molecule has 0 aliphatic rings. The van der Waals surface area contributed by atoms with Crippen molar-refractivity contribution in [3.8, 4) is 0 Å². The minimum absolute atomic E-state index is 0.921. The molecule has 0 saturated carbocycles. The predicted octanol–water partition coefficient (Wildman–Crippen LogP) is 4.78. The Morgan fingerprint density at radius 2 is 1.50 bits per heavy atom. The molecule has 100 valence electrons. The molecule has 0 unspecified atom stereocenters. The SMILES string of the molecule is Cc1ccc(N(C)Cc2cccc3ccccc23)cc1. The average Bonchev–Trinajstić information content (AvgIpc) is 2.48. The molecule has 3 aromatic rings. The fourth-order valence-electron chi connectivity index (χ4n) is 2.58. The van der Waals surface area contributed by atoms with E-state index >= 15 is 0 Å². The highest BCUT2D eigenvalue weighted by atomic mass is 15.1. The summed E-state index contributed by atoms with van der Waals surface area (Å²) < 4.78 is 0. The van der Waals surface area contributed by atoms with E-state index in [0.29, 0.717) is 0 Å². The van der Waals surface area contributed by atoms with Crippen molar-refractivity contribution in [3.05, 3.63) is 77.9 Å². The highest BCUT2D eigenvalue weighted by Crippen LogP contribution is 2.22. The highest BCUT2D eigenvalue weighted by molar-refractivity contribution is 5.85. The molecule has 0 spiro atoms. The van der Waals surface area contributed by atoms with Crippen molar-refractivity contribution in [2.24, 2.45) is 0 Å². The molecule has 0 amide bonds. The van der Waals surface area contributed by atoms with Gasteiger partial charge in [0.05, 0.1) is 0 Å². The summed E-state index contributed by atoms with van der Waals surface area (Å²) in [5.41, 5.74) is 3.92. The summed E-state index contributed by atoms with van der Waals surface area (Å²) in [6.45, 7) is 3.04. The maximum Gasteiger partial charge on any atom is 0.0432 e. The van der Waals surface area contributed by atoms with Gasteiger partial charge in [0.15, 0.2) is 0 Å². The van der Waals surface area contributed by atoms with Crippen molar-refractivity contribution in [1.29, 1.82) is 0 Å². The van der Waals surface area contributed by atoms with Crippen LogP contribution in [0.4, 0.5) is 5.69 Å². The first-order valence-electron chi connectivity index (χ1n) is 6.98. The fraction of sp³-hybridized carbons (Fsp3) is 0.158. The third-order valence-electron chi connectivity index (χ3n) is 3.76. The van der Waals surface area contributed by atoms with Crippen LogP contribution in [0.2, 0.25) is 0 Å². The van der Waals surface area contributed by atoms with E-state index in [1.807, 2.05) is 0 Å². The first-order valence-corrected chi connectivity index (χ1v) is 6.98. The van der Waals surface area contributed by atoms with E-state index in [4.69, 9.17) is 0 Å². The Morgan fingerprint density at radius 1 is 0.800 bits per heavy atom. The highest BCUT2D eigenvalue weighted by Gasteiger charge is 2.05. The Bertz CT molecular complexity index is 708. The van der Waals surface area contributed by atoms with Gasteiger partial charge in [0.1, 0.15) is 0 Å². The van der Waals surface area contributed by atoms with Crippen LogP contribution in [0, 0.1) is 6.92 Å². The number of nitrogens with zero attached hydrogens (tertiary/aromatic N) is 1. The summed E-state index contributed by atoms with van der Waals surface area (Å²) >= 11 is 0. The maximum absolute atomic E-state index is 2.29. The number of rotatable bonds is 3. The summed E-state index contributed by atoms with van der Waals surface area (Å²) in [6, 6.07) is 23.8. The van der Waals surface area contributed by atoms with E-state index in [9.17, 15) is 0 Å². The molecular formula is C19H19N. The first-order chi connectivity index (χ1) is 9.74. The number of benzene rings is 3. The van der Waals surface area contributed by atoms with Gasteiger partial charge in [0.25, 0.3) is 0 Å². The van der Waals surface area contributed by atoms with Crippen LogP contribution in [-0.2, 0) is 6.54 Å². The van der Waals surface area contributed by atoms with Gasteiger partial charge in [-0.3, -0.25) is 0 Å². The Labute approximate surface area is 120 Å². The first kappa shape index (κ1) is 12.7. The van der Waals surface area contributed by atoms with Gasteiger partial charge in [-0.1, -0.05) is 60.2 Å². The van der Waals surface area contributed by atoms with Crippen molar-refractivity contribution in [3.63, 3.8) is 0 Å². The largest absolute Gasteiger partial charge is 0.370 e. The van der Waals surface area contributed by atoms with Crippen molar-refractivity contribution < 1.29 is 0 Å². The summed E-state index contributed by atoms with van der Waals surface area (Å²) in [5, 5.41) is 2.65. The van der Waals surface area contributed by atoms with Gasteiger partial charge < -0.3 is 4.90 Å². The maximum atomic E-state index is 2.29. The van der Waals surface area contributed by atoms with Crippen molar-refractivity contribution in [2.75, 3.05) is 11.9 Å². The summed E-state index contributed by atoms with van der Waals surface area (Å²) in [7, 11) is 2.15. The topological polar surface area (TPSA) is 3.24 Å². The zero-order chi connectivity index (χ0) is 13.9. The lowest BCUT2D eigenvalue weighted by atomic mass is 10.0. The second-order valence-corrected chi connectivity index (χ2v) is 5.33. The van der Waals surface area contributed by atoms with Crippen LogP contribution < -0.4 is 4.90 Å². The molecule has 0 N–H and O–H groups in total. The molecule has 0 aliphatic heterocycles. The lowest BCUT2D eigenvalue weighted by molar-refractivity contribution is 0.930. The monoisotopic (exact) mass is 261 g/mol. The van der Waals surface area contributed by atoms with Crippen molar-refractivity contribution >= 4 is 16.5 Å². The normalized spacial score (nSPS) is 10.7. The molecule has 3 rings (SSSR count). The Morgan fingerprint density at radius 3 is 2.30 bits per heavy atom. The third-order valence-corrected chi connectivity index (χ3v) is 3.76. The van der Waals surface area contributed by atoms with Gasteiger partial charge in [0.2, 0.25) is 0 Å². The van der Waals surface area contributed by atoms with Crippen LogP contribution >= 0.6 is 0 Å². The van der Waals surface area contributed by atoms with Crippen LogP contribution in [0.25, 0.3) is 10.8 Å². The minimum atomic E-state index is 0.921.